The number of amides is 2. The summed E-state index contributed by atoms with van der Waals surface area (Å²) in [6, 6.07) is 13.3. The Morgan fingerprint density at radius 1 is 1.00 bits per heavy atom. The summed E-state index contributed by atoms with van der Waals surface area (Å²) < 4.78 is 5.57. The molecule has 2 aromatic carbocycles. The molecular weight excluding hydrogens is 568 g/mol. The summed E-state index contributed by atoms with van der Waals surface area (Å²) in [7, 11) is 0. The van der Waals surface area contributed by atoms with Crippen molar-refractivity contribution in [1.29, 1.82) is 0 Å². The second-order valence-corrected chi connectivity index (χ2v) is 13.3. The summed E-state index contributed by atoms with van der Waals surface area (Å²) in [5.41, 5.74) is 1.99. The molecule has 0 saturated carbocycles. The lowest BCUT2D eigenvalue weighted by atomic mass is 9.86. The van der Waals surface area contributed by atoms with Gasteiger partial charge in [0.1, 0.15) is 5.75 Å². The average Bonchev–Trinajstić information content (AvgIpc) is 3.00. The van der Waals surface area contributed by atoms with Gasteiger partial charge in [0, 0.05) is 43.3 Å². The molecule has 9 nitrogen and oxygen atoms in total. The molecular formula is C33H43ClN4O5. The van der Waals surface area contributed by atoms with E-state index >= 15 is 0 Å². The van der Waals surface area contributed by atoms with Gasteiger partial charge in [-0.15, -0.1) is 5.06 Å². The van der Waals surface area contributed by atoms with Crippen LogP contribution >= 0.6 is 11.6 Å². The van der Waals surface area contributed by atoms with Crippen LogP contribution in [-0.2, 0) is 14.4 Å². The van der Waals surface area contributed by atoms with Crippen LogP contribution in [0, 0.1) is 11.3 Å². The highest BCUT2D eigenvalue weighted by Gasteiger charge is 2.30. The van der Waals surface area contributed by atoms with Crippen LogP contribution in [0.3, 0.4) is 0 Å². The number of nitrogens with one attached hydrogen (secondary N) is 1. The van der Waals surface area contributed by atoms with Gasteiger partial charge in [-0.05, 0) is 101 Å². The Bertz CT molecular complexity index is 1310. The molecule has 3 aliphatic rings. The zero-order chi connectivity index (χ0) is 30.6. The van der Waals surface area contributed by atoms with Crippen LogP contribution in [0.25, 0.3) is 0 Å². The minimum atomic E-state index is -0.535. The predicted octanol–water partition coefficient (Wildman–Crippen LogP) is 4.89. The fourth-order valence-electron chi connectivity index (χ4n) is 5.98. The molecule has 3 heterocycles. The number of hydroxylamine groups is 2. The topological polar surface area (TPSA) is 91.4 Å². The smallest absolute Gasteiger partial charge is 0.330 e. The van der Waals surface area contributed by atoms with Crippen molar-refractivity contribution in [3.63, 3.8) is 0 Å². The first-order valence-corrected chi connectivity index (χ1v) is 15.8. The third kappa shape index (κ3) is 7.88. The summed E-state index contributed by atoms with van der Waals surface area (Å²) in [5.74, 6) is 1.01. The molecule has 0 radical (unpaired) electrons. The lowest BCUT2D eigenvalue weighted by Gasteiger charge is -2.35. The second-order valence-electron chi connectivity index (χ2n) is 12.9. The normalized spacial score (nSPS) is 19.1. The first kappa shape index (κ1) is 31.3. The van der Waals surface area contributed by atoms with E-state index in [-0.39, 0.29) is 30.3 Å². The van der Waals surface area contributed by atoms with Crippen LogP contribution in [0.15, 0.2) is 42.5 Å². The van der Waals surface area contributed by atoms with E-state index in [4.69, 9.17) is 21.2 Å². The van der Waals surface area contributed by atoms with E-state index in [9.17, 15) is 14.4 Å². The fraction of sp³-hybridized carbons (Fsp3) is 0.545. The zero-order valence-corrected chi connectivity index (χ0v) is 26.2. The Balaban J connectivity index is 1.11. The van der Waals surface area contributed by atoms with Gasteiger partial charge >= 0.3 is 5.97 Å². The minimum absolute atomic E-state index is 0.0140. The van der Waals surface area contributed by atoms with Gasteiger partial charge in [0.2, 0.25) is 0 Å². The number of carbonyl (C=O) groups is 3. The van der Waals surface area contributed by atoms with Crippen LogP contribution < -0.4 is 15.0 Å². The molecule has 43 heavy (non-hydrogen) atoms. The Labute approximate surface area is 259 Å². The highest BCUT2D eigenvalue weighted by Crippen LogP contribution is 2.34. The van der Waals surface area contributed by atoms with Gasteiger partial charge in [-0.1, -0.05) is 29.8 Å². The highest BCUT2D eigenvalue weighted by molar-refractivity contribution is 6.31. The summed E-state index contributed by atoms with van der Waals surface area (Å²) >= 11 is 6.35. The quantitative estimate of drug-likeness (QED) is 0.455. The highest BCUT2D eigenvalue weighted by atomic mass is 35.5. The van der Waals surface area contributed by atoms with Crippen LogP contribution in [0.1, 0.15) is 68.3 Å². The van der Waals surface area contributed by atoms with Crippen molar-refractivity contribution >= 4 is 35.1 Å². The number of piperidine rings is 2. The van der Waals surface area contributed by atoms with Gasteiger partial charge in [-0.3, -0.25) is 9.59 Å². The SMILES string of the molecule is CC(C)(C)C(=O)ON1CCC(CNC(=O)c2cc(Cl)ccc2C2CCN(CCN3C(=O)COc4ccccc43)CC2)CC1. The molecule has 0 atom stereocenters. The molecule has 2 fully saturated rings. The van der Waals surface area contributed by atoms with E-state index in [2.05, 4.69) is 10.2 Å². The van der Waals surface area contributed by atoms with E-state index in [1.165, 1.54) is 0 Å². The van der Waals surface area contributed by atoms with Crippen molar-refractivity contribution in [2.24, 2.45) is 11.3 Å². The Morgan fingerprint density at radius 3 is 2.44 bits per heavy atom. The number of benzene rings is 2. The summed E-state index contributed by atoms with van der Waals surface area (Å²) in [6.07, 6.45) is 3.56. The zero-order valence-electron chi connectivity index (χ0n) is 25.4. The number of hydrogen-bond acceptors (Lipinski definition) is 7. The van der Waals surface area contributed by atoms with Crippen molar-refractivity contribution in [3.8, 4) is 5.75 Å². The summed E-state index contributed by atoms with van der Waals surface area (Å²) in [5, 5.41) is 5.44. The number of fused-ring (bicyclic) bond motifs is 1. The van der Waals surface area contributed by atoms with Crippen molar-refractivity contribution in [1.82, 2.24) is 15.3 Å². The average molecular weight is 611 g/mol. The fourth-order valence-corrected chi connectivity index (χ4v) is 6.15. The molecule has 2 aromatic rings. The minimum Gasteiger partial charge on any atom is -0.482 e. The van der Waals surface area contributed by atoms with Crippen LogP contribution in [0.5, 0.6) is 5.75 Å². The van der Waals surface area contributed by atoms with E-state index in [1.807, 2.05) is 62.1 Å². The van der Waals surface area contributed by atoms with Gasteiger partial charge in [-0.2, -0.15) is 0 Å². The van der Waals surface area contributed by atoms with E-state index in [0.29, 0.717) is 42.7 Å². The number of ether oxygens (including phenoxy) is 1. The molecule has 0 aliphatic carbocycles. The first-order valence-electron chi connectivity index (χ1n) is 15.4. The first-order chi connectivity index (χ1) is 20.6. The van der Waals surface area contributed by atoms with Gasteiger partial charge in [0.05, 0.1) is 11.1 Å². The molecule has 5 rings (SSSR count). The number of hydrogen-bond donors (Lipinski definition) is 1. The molecule has 10 heteroatoms. The molecule has 3 aliphatic heterocycles. The Kier molecular flexibility index (Phi) is 9.94. The van der Waals surface area contributed by atoms with Gasteiger partial charge in [0.15, 0.2) is 6.61 Å². The standard InChI is InChI=1S/C33H43ClN4O5/c1-33(2,3)32(41)43-37-16-10-23(11-17-37)21-35-31(40)27-20-25(34)8-9-26(27)24-12-14-36(15-13-24)18-19-38-28-6-4-5-7-29(28)42-22-30(38)39/h4-9,20,23-24H,10-19,21-22H2,1-3H3,(H,35,40). The third-order valence-electron chi connectivity index (χ3n) is 8.68. The summed E-state index contributed by atoms with van der Waals surface area (Å²) in [6.45, 7) is 10.7. The van der Waals surface area contributed by atoms with Crippen LogP contribution in [-0.4, -0.2) is 80.2 Å². The van der Waals surface area contributed by atoms with Crippen molar-refractivity contribution in [2.75, 3.05) is 57.3 Å². The lowest BCUT2D eigenvalue weighted by Crippen LogP contribution is -2.45. The second kappa shape index (κ2) is 13.7. The maximum absolute atomic E-state index is 13.4. The molecule has 0 bridgehead atoms. The lowest BCUT2D eigenvalue weighted by molar-refractivity contribution is -0.205. The Hall–Kier alpha value is -3.14. The van der Waals surface area contributed by atoms with E-state index in [1.54, 1.807) is 11.1 Å². The number of likely N-dealkylation sites (tertiary alicyclic amines) is 1. The van der Waals surface area contributed by atoms with Crippen molar-refractivity contribution < 1.29 is 24.0 Å². The van der Waals surface area contributed by atoms with Crippen molar-refractivity contribution in [3.05, 3.63) is 58.6 Å². The number of anilines is 1. The van der Waals surface area contributed by atoms with Gasteiger partial charge in [0.25, 0.3) is 11.8 Å². The molecule has 0 unspecified atom stereocenters. The molecule has 2 amide bonds. The predicted molar refractivity (Wildman–Crippen MR) is 166 cm³/mol. The molecule has 2 saturated heterocycles. The van der Waals surface area contributed by atoms with E-state index < -0.39 is 5.41 Å². The number of carbonyl (C=O) groups excluding carboxylic acids is 3. The number of nitrogens with zero attached hydrogens (tertiary/aromatic N) is 3. The summed E-state index contributed by atoms with van der Waals surface area (Å²) in [4.78, 5) is 47.9. The number of para-hydroxylation sites is 2. The molecule has 232 valence electrons. The number of halogens is 1. The number of rotatable bonds is 8. The molecule has 0 aromatic heterocycles. The van der Waals surface area contributed by atoms with E-state index in [0.717, 1.165) is 62.3 Å². The molecule has 0 spiro atoms. The van der Waals surface area contributed by atoms with Gasteiger partial charge < -0.3 is 24.7 Å². The van der Waals surface area contributed by atoms with Crippen molar-refractivity contribution in [2.45, 2.75) is 52.4 Å². The third-order valence-corrected chi connectivity index (χ3v) is 8.92. The molecule has 1 N–H and O–H groups in total. The van der Waals surface area contributed by atoms with Gasteiger partial charge in [-0.25, -0.2) is 4.79 Å². The maximum Gasteiger partial charge on any atom is 0.330 e. The largest absolute Gasteiger partial charge is 0.482 e. The van der Waals surface area contributed by atoms with Crippen LogP contribution in [0.2, 0.25) is 5.02 Å². The Morgan fingerprint density at radius 2 is 1.72 bits per heavy atom. The maximum atomic E-state index is 13.4. The van der Waals surface area contributed by atoms with Crippen LogP contribution in [0.4, 0.5) is 5.69 Å². The monoisotopic (exact) mass is 610 g/mol.